The molecule has 2 N–H and O–H groups in total. The fourth-order valence-electron chi connectivity index (χ4n) is 2.30. The third-order valence-corrected chi connectivity index (χ3v) is 5.07. The number of rotatable bonds is 9. The number of hydrogen-bond acceptors (Lipinski definition) is 4. The Balaban J connectivity index is 2.30. The van der Waals surface area contributed by atoms with Crippen molar-refractivity contribution < 1.29 is 18.3 Å². The van der Waals surface area contributed by atoms with Gasteiger partial charge in [0.25, 0.3) is 10.2 Å². The summed E-state index contributed by atoms with van der Waals surface area (Å²) < 4.78 is 33.8. The van der Waals surface area contributed by atoms with E-state index in [0.29, 0.717) is 19.7 Å². The SMILES string of the molecule is CC(C)OCCCCNS(=O)(=O)N1CCCCC1CO. The van der Waals surface area contributed by atoms with Crippen molar-refractivity contribution in [3.05, 3.63) is 0 Å². The van der Waals surface area contributed by atoms with Crippen molar-refractivity contribution in [3.8, 4) is 0 Å². The summed E-state index contributed by atoms with van der Waals surface area (Å²) in [6, 6.07) is -0.273. The second kappa shape index (κ2) is 8.94. The van der Waals surface area contributed by atoms with Crippen LogP contribution < -0.4 is 4.72 Å². The molecule has 1 fully saturated rings. The van der Waals surface area contributed by atoms with Crippen LogP contribution in [0.3, 0.4) is 0 Å². The molecule has 1 aliphatic heterocycles. The van der Waals surface area contributed by atoms with Crippen molar-refractivity contribution in [1.82, 2.24) is 9.03 Å². The molecule has 1 saturated heterocycles. The molecule has 0 aliphatic carbocycles. The van der Waals surface area contributed by atoms with E-state index < -0.39 is 10.2 Å². The predicted molar refractivity (Wildman–Crippen MR) is 78.7 cm³/mol. The van der Waals surface area contributed by atoms with E-state index in [9.17, 15) is 13.5 Å². The molecule has 0 amide bonds. The Labute approximate surface area is 122 Å². The third kappa shape index (κ3) is 6.05. The van der Waals surface area contributed by atoms with Crippen LogP contribution in [0.5, 0.6) is 0 Å². The molecule has 0 aromatic carbocycles. The Morgan fingerprint density at radius 1 is 1.35 bits per heavy atom. The number of ether oxygens (including phenoxy) is 1. The van der Waals surface area contributed by atoms with Gasteiger partial charge < -0.3 is 9.84 Å². The molecule has 6 nitrogen and oxygen atoms in total. The first kappa shape index (κ1) is 17.8. The lowest BCUT2D eigenvalue weighted by atomic mass is 10.1. The lowest BCUT2D eigenvalue weighted by Crippen LogP contribution is -2.50. The van der Waals surface area contributed by atoms with Gasteiger partial charge in [-0.3, -0.25) is 0 Å². The molecule has 1 atom stereocenters. The van der Waals surface area contributed by atoms with E-state index in [2.05, 4.69) is 4.72 Å². The summed E-state index contributed by atoms with van der Waals surface area (Å²) in [5, 5.41) is 9.27. The Morgan fingerprint density at radius 2 is 2.10 bits per heavy atom. The van der Waals surface area contributed by atoms with E-state index in [-0.39, 0.29) is 18.8 Å². The van der Waals surface area contributed by atoms with Gasteiger partial charge in [-0.1, -0.05) is 6.42 Å². The minimum absolute atomic E-state index is 0.108. The van der Waals surface area contributed by atoms with Crippen LogP contribution in [0, 0.1) is 0 Å². The number of nitrogens with zero attached hydrogens (tertiary/aromatic N) is 1. The second-order valence-corrected chi connectivity index (χ2v) is 7.18. The van der Waals surface area contributed by atoms with E-state index in [1.54, 1.807) is 0 Å². The summed E-state index contributed by atoms with van der Waals surface area (Å²) in [4.78, 5) is 0. The van der Waals surface area contributed by atoms with Gasteiger partial charge in [-0.25, -0.2) is 4.72 Å². The smallest absolute Gasteiger partial charge is 0.279 e. The molecule has 0 aromatic heterocycles. The Bertz CT molecular complexity index is 359. The highest BCUT2D eigenvalue weighted by Gasteiger charge is 2.31. The maximum absolute atomic E-state index is 12.2. The quantitative estimate of drug-likeness (QED) is 0.620. The average Bonchev–Trinajstić information content (AvgIpc) is 2.42. The van der Waals surface area contributed by atoms with Gasteiger partial charge in [0.15, 0.2) is 0 Å². The second-order valence-electron chi connectivity index (χ2n) is 5.47. The zero-order chi connectivity index (χ0) is 15.0. The maximum Gasteiger partial charge on any atom is 0.279 e. The van der Waals surface area contributed by atoms with Crippen molar-refractivity contribution in [2.75, 3.05) is 26.3 Å². The normalized spacial score (nSPS) is 21.5. The van der Waals surface area contributed by atoms with Crippen LogP contribution >= 0.6 is 0 Å². The number of aliphatic hydroxyl groups is 1. The first-order chi connectivity index (χ1) is 9.47. The standard InChI is InChI=1S/C13H28N2O4S/c1-12(2)19-10-6-4-8-14-20(17,18)15-9-5-3-7-13(15)11-16/h12-14,16H,3-11H2,1-2H3. The minimum Gasteiger partial charge on any atom is -0.395 e. The topological polar surface area (TPSA) is 78.9 Å². The summed E-state index contributed by atoms with van der Waals surface area (Å²) in [5.41, 5.74) is 0. The van der Waals surface area contributed by atoms with E-state index in [4.69, 9.17) is 4.74 Å². The summed E-state index contributed by atoms with van der Waals surface area (Å²) >= 11 is 0. The molecule has 0 spiro atoms. The lowest BCUT2D eigenvalue weighted by Gasteiger charge is -2.33. The van der Waals surface area contributed by atoms with Gasteiger partial charge in [-0.2, -0.15) is 12.7 Å². The summed E-state index contributed by atoms with van der Waals surface area (Å²) in [6.45, 7) is 5.42. The number of piperidine rings is 1. The van der Waals surface area contributed by atoms with E-state index >= 15 is 0 Å². The Morgan fingerprint density at radius 3 is 2.75 bits per heavy atom. The van der Waals surface area contributed by atoms with Gasteiger partial charge in [-0.15, -0.1) is 0 Å². The lowest BCUT2D eigenvalue weighted by molar-refractivity contribution is 0.0762. The maximum atomic E-state index is 12.2. The van der Waals surface area contributed by atoms with Gasteiger partial charge in [0.05, 0.1) is 12.7 Å². The highest BCUT2D eigenvalue weighted by atomic mass is 32.2. The zero-order valence-electron chi connectivity index (χ0n) is 12.5. The average molecular weight is 308 g/mol. The van der Waals surface area contributed by atoms with Crippen LogP contribution in [0.15, 0.2) is 0 Å². The molecular weight excluding hydrogens is 280 g/mol. The van der Waals surface area contributed by atoms with E-state index in [0.717, 1.165) is 32.1 Å². The van der Waals surface area contributed by atoms with Crippen LogP contribution in [0.1, 0.15) is 46.0 Å². The van der Waals surface area contributed by atoms with Gasteiger partial charge >= 0.3 is 0 Å². The Hall–Kier alpha value is -0.210. The highest BCUT2D eigenvalue weighted by molar-refractivity contribution is 7.87. The summed E-state index contributed by atoms with van der Waals surface area (Å²) in [5.74, 6) is 0. The number of hydrogen-bond donors (Lipinski definition) is 2. The van der Waals surface area contributed by atoms with E-state index in [1.807, 2.05) is 13.8 Å². The third-order valence-electron chi connectivity index (χ3n) is 3.40. The Kier molecular flexibility index (Phi) is 7.98. The molecule has 0 bridgehead atoms. The minimum atomic E-state index is -3.47. The molecule has 120 valence electrons. The van der Waals surface area contributed by atoms with Gasteiger partial charge in [0.1, 0.15) is 0 Å². The van der Waals surface area contributed by atoms with Crippen molar-refractivity contribution in [1.29, 1.82) is 0 Å². The van der Waals surface area contributed by atoms with Crippen LogP contribution in [0.4, 0.5) is 0 Å². The van der Waals surface area contributed by atoms with Crippen molar-refractivity contribution >= 4 is 10.2 Å². The molecule has 1 rings (SSSR count). The molecule has 20 heavy (non-hydrogen) atoms. The first-order valence-corrected chi connectivity index (χ1v) is 8.90. The molecule has 0 aromatic rings. The largest absolute Gasteiger partial charge is 0.395 e. The molecule has 7 heteroatoms. The summed E-state index contributed by atoms with van der Waals surface area (Å²) in [6.07, 6.45) is 4.38. The van der Waals surface area contributed by atoms with Crippen LogP contribution in [0.2, 0.25) is 0 Å². The van der Waals surface area contributed by atoms with Crippen molar-refractivity contribution in [2.24, 2.45) is 0 Å². The van der Waals surface area contributed by atoms with Gasteiger partial charge in [0, 0.05) is 25.7 Å². The van der Waals surface area contributed by atoms with Gasteiger partial charge in [0.2, 0.25) is 0 Å². The van der Waals surface area contributed by atoms with Crippen LogP contribution in [-0.4, -0.2) is 56.3 Å². The number of unbranched alkanes of at least 4 members (excludes halogenated alkanes) is 1. The number of nitrogens with one attached hydrogen (secondary N) is 1. The molecule has 1 heterocycles. The fourth-order valence-corrected chi connectivity index (χ4v) is 3.81. The highest BCUT2D eigenvalue weighted by Crippen LogP contribution is 2.19. The van der Waals surface area contributed by atoms with Crippen LogP contribution in [0.25, 0.3) is 0 Å². The van der Waals surface area contributed by atoms with E-state index in [1.165, 1.54) is 4.31 Å². The summed E-state index contributed by atoms with van der Waals surface area (Å²) in [7, 11) is -3.47. The molecule has 1 unspecified atom stereocenters. The van der Waals surface area contributed by atoms with Crippen molar-refractivity contribution in [3.63, 3.8) is 0 Å². The predicted octanol–water partition coefficient (Wildman–Crippen LogP) is 0.873. The zero-order valence-corrected chi connectivity index (χ0v) is 13.4. The number of aliphatic hydroxyl groups excluding tert-OH is 1. The first-order valence-electron chi connectivity index (χ1n) is 7.46. The van der Waals surface area contributed by atoms with Gasteiger partial charge in [-0.05, 0) is 39.5 Å². The molecule has 0 radical (unpaired) electrons. The molecule has 0 saturated carbocycles. The van der Waals surface area contributed by atoms with Crippen LogP contribution in [-0.2, 0) is 14.9 Å². The molecular formula is C13H28N2O4S. The van der Waals surface area contributed by atoms with Crippen molar-refractivity contribution in [2.45, 2.75) is 58.1 Å². The fraction of sp³-hybridized carbons (Fsp3) is 1.00. The monoisotopic (exact) mass is 308 g/mol. The molecule has 1 aliphatic rings.